The van der Waals surface area contributed by atoms with E-state index in [0.717, 1.165) is 4.31 Å². The second-order valence-corrected chi connectivity index (χ2v) is 5.16. The molecule has 0 atom stereocenters. The van der Waals surface area contributed by atoms with Crippen LogP contribution in [0, 0.1) is 0 Å². The molecule has 1 rings (SSSR count). The second-order valence-electron chi connectivity index (χ2n) is 3.12. The number of rotatable bonds is 4. The van der Waals surface area contributed by atoms with Crippen LogP contribution in [0.4, 0.5) is 5.69 Å². The fourth-order valence-electron chi connectivity index (χ4n) is 1.08. The lowest BCUT2D eigenvalue weighted by molar-refractivity contribution is 0.266. The molecule has 0 aliphatic heterocycles. The number of benzene rings is 1. The number of nitrogen functional groups attached to an aromatic ring is 1. The molecule has 1 aromatic carbocycles. The van der Waals surface area contributed by atoms with E-state index in [0.29, 0.717) is 5.69 Å². The highest BCUT2D eigenvalue weighted by atomic mass is 32.2. The minimum Gasteiger partial charge on any atom is -0.399 e. The first-order valence-electron chi connectivity index (χ1n) is 4.41. The number of aliphatic hydroxyl groups is 1. The highest BCUT2D eigenvalue weighted by Gasteiger charge is 2.19. The first-order chi connectivity index (χ1) is 6.98. The van der Waals surface area contributed by atoms with Gasteiger partial charge in [0.05, 0.1) is 11.5 Å². The fourth-order valence-corrected chi connectivity index (χ4v) is 2.24. The molecule has 1 aromatic rings. The van der Waals surface area contributed by atoms with Crippen molar-refractivity contribution in [2.45, 2.75) is 4.90 Å². The van der Waals surface area contributed by atoms with Crippen LogP contribution in [-0.4, -0.2) is 38.0 Å². The molecule has 0 aliphatic carbocycles. The smallest absolute Gasteiger partial charge is 0.242 e. The van der Waals surface area contributed by atoms with Crippen molar-refractivity contribution in [3.63, 3.8) is 0 Å². The molecule has 0 saturated heterocycles. The van der Waals surface area contributed by atoms with E-state index in [1.807, 2.05) is 0 Å². The summed E-state index contributed by atoms with van der Waals surface area (Å²) in [7, 11) is -2.08. The molecule has 84 valence electrons. The van der Waals surface area contributed by atoms with Gasteiger partial charge in [-0.1, -0.05) is 0 Å². The molecule has 0 heterocycles. The van der Waals surface area contributed by atoms with Gasteiger partial charge in [0, 0.05) is 19.3 Å². The summed E-state index contributed by atoms with van der Waals surface area (Å²) >= 11 is 0. The molecule has 6 heteroatoms. The molecule has 15 heavy (non-hydrogen) atoms. The fraction of sp³-hybridized carbons (Fsp3) is 0.333. The predicted molar refractivity (Wildman–Crippen MR) is 57.8 cm³/mol. The number of nitrogens with two attached hydrogens (primary N) is 1. The van der Waals surface area contributed by atoms with Gasteiger partial charge in [-0.25, -0.2) is 8.42 Å². The van der Waals surface area contributed by atoms with E-state index in [2.05, 4.69) is 0 Å². The predicted octanol–water partition coefficient (Wildman–Crippen LogP) is -0.118. The molecule has 0 radical (unpaired) electrons. The molecule has 0 fully saturated rings. The molecule has 0 aromatic heterocycles. The van der Waals surface area contributed by atoms with Gasteiger partial charge in [-0.05, 0) is 24.3 Å². The Kier molecular flexibility index (Phi) is 3.67. The van der Waals surface area contributed by atoms with Crippen LogP contribution >= 0.6 is 0 Å². The summed E-state index contributed by atoms with van der Waals surface area (Å²) in [6, 6.07) is 5.94. The van der Waals surface area contributed by atoms with Crippen LogP contribution in [0.5, 0.6) is 0 Å². The van der Waals surface area contributed by atoms with E-state index < -0.39 is 10.0 Å². The minimum atomic E-state index is -3.50. The Morgan fingerprint density at radius 2 is 1.87 bits per heavy atom. The molecular formula is C9H14N2O3S. The van der Waals surface area contributed by atoms with Crippen LogP contribution in [0.25, 0.3) is 0 Å². The maximum absolute atomic E-state index is 11.8. The zero-order valence-electron chi connectivity index (χ0n) is 8.42. The van der Waals surface area contributed by atoms with Crippen molar-refractivity contribution >= 4 is 15.7 Å². The number of anilines is 1. The van der Waals surface area contributed by atoms with E-state index in [9.17, 15) is 8.42 Å². The average Bonchev–Trinajstić information content (AvgIpc) is 2.18. The molecule has 0 aliphatic rings. The van der Waals surface area contributed by atoms with Crippen LogP contribution in [0.3, 0.4) is 0 Å². The van der Waals surface area contributed by atoms with Crippen molar-refractivity contribution in [3.8, 4) is 0 Å². The van der Waals surface area contributed by atoms with Gasteiger partial charge in [-0.15, -0.1) is 0 Å². The van der Waals surface area contributed by atoms with Crippen molar-refractivity contribution in [1.29, 1.82) is 0 Å². The summed E-state index contributed by atoms with van der Waals surface area (Å²) < 4.78 is 24.7. The SMILES string of the molecule is CN(CCO)S(=O)(=O)c1ccc(N)cc1. The van der Waals surface area contributed by atoms with E-state index in [1.54, 1.807) is 0 Å². The Labute approximate surface area is 89.2 Å². The van der Waals surface area contributed by atoms with Crippen LogP contribution in [0.2, 0.25) is 0 Å². The van der Waals surface area contributed by atoms with Crippen molar-refractivity contribution in [2.24, 2.45) is 0 Å². The third kappa shape index (κ3) is 2.68. The third-order valence-electron chi connectivity index (χ3n) is 2.00. The molecule has 0 saturated carbocycles. The summed E-state index contributed by atoms with van der Waals surface area (Å²) in [6.07, 6.45) is 0. The quantitative estimate of drug-likeness (QED) is 0.706. The Bertz CT molecular complexity index is 413. The number of aliphatic hydroxyl groups excluding tert-OH is 1. The number of hydrogen-bond acceptors (Lipinski definition) is 4. The highest BCUT2D eigenvalue weighted by molar-refractivity contribution is 7.89. The Hall–Kier alpha value is -1.11. The molecule has 3 N–H and O–H groups in total. The summed E-state index contributed by atoms with van der Waals surface area (Å²) in [6.45, 7) is -0.128. The van der Waals surface area contributed by atoms with Crippen LogP contribution < -0.4 is 5.73 Å². The van der Waals surface area contributed by atoms with Gasteiger partial charge in [0.2, 0.25) is 10.0 Å². The Morgan fingerprint density at radius 3 is 2.33 bits per heavy atom. The van der Waals surface area contributed by atoms with Gasteiger partial charge in [0.1, 0.15) is 0 Å². The lowest BCUT2D eigenvalue weighted by Crippen LogP contribution is -2.29. The van der Waals surface area contributed by atoms with Crippen molar-refractivity contribution in [2.75, 3.05) is 25.9 Å². The van der Waals surface area contributed by atoms with Crippen LogP contribution in [0.15, 0.2) is 29.2 Å². The molecule has 5 nitrogen and oxygen atoms in total. The maximum Gasteiger partial charge on any atom is 0.242 e. The number of nitrogens with zero attached hydrogens (tertiary/aromatic N) is 1. The van der Waals surface area contributed by atoms with Crippen molar-refractivity contribution in [1.82, 2.24) is 4.31 Å². The van der Waals surface area contributed by atoms with Crippen LogP contribution in [-0.2, 0) is 10.0 Å². The average molecular weight is 230 g/mol. The first kappa shape index (κ1) is 12.0. The summed E-state index contributed by atoms with van der Waals surface area (Å²) in [5.41, 5.74) is 5.97. The third-order valence-corrected chi connectivity index (χ3v) is 3.87. The summed E-state index contributed by atoms with van der Waals surface area (Å²) in [5.74, 6) is 0. The zero-order valence-corrected chi connectivity index (χ0v) is 9.24. The normalized spacial score (nSPS) is 11.9. The summed E-state index contributed by atoms with van der Waals surface area (Å²) in [4.78, 5) is 0.174. The maximum atomic E-state index is 11.8. The van der Waals surface area contributed by atoms with Gasteiger partial charge in [0.15, 0.2) is 0 Å². The molecular weight excluding hydrogens is 216 g/mol. The Balaban J connectivity index is 3.01. The molecule has 0 spiro atoms. The highest BCUT2D eigenvalue weighted by Crippen LogP contribution is 2.15. The van der Waals surface area contributed by atoms with Gasteiger partial charge in [0.25, 0.3) is 0 Å². The number of sulfonamides is 1. The largest absolute Gasteiger partial charge is 0.399 e. The first-order valence-corrected chi connectivity index (χ1v) is 5.85. The lowest BCUT2D eigenvalue weighted by atomic mass is 10.3. The van der Waals surface area contributed by atoms with E-state index in [1.165, 1.54) is 31.3 Å². The number of likely N-dealkylation sites (N-methyl/N-ethyl adjacent to an activating group) is 1. The van der Waals surface area contributed by atoms with Crippen LogP contribution in [0.1, 0.15) is 0 Å². The zero-order chi connectivity index (χ0) is 11.5. The van der Waals surface area contributed by atoms with Crippen molar-refractivity contribution < 1.29 is 13.5 Å². The monoisotopic (exact) mass is 230 g/mol. The van der Waals surface area contributed by atoms with E-state index in [4.69, 9.17) is 10.8 Å². The standard InChI is InChI=1S/C9H14N2O3S/c1-11(6-7-12)15(13,14)9-4-2-8(10)3-5-9/h2-5,12H,6-7,10H2,1H3. The topological polar surface area (TPSA) is 83.6 Å². The van der Waals surface area contributed by atoms with E-state index in [-0.39, 0.29) is 18.0 Å². The summed E-state index contributed by atoms with van der Waals surface area (Å²) in [5, 5.41) is 8.66. The van der Waals surface area contributed by atoms with Gasteiger partial charge >= 0.3 is 0 Å². The molecule has 0 bridgehead atoms. The van der Waals surface area contributed by atoms with Gasteiger partial charge in [-0.3, -0.25) is 0 Å². The van der Waals surface area contributed by atoms with Gasteiger partial charge < -0.3 is 10.8 Å². The second kappa shape index (κ2) is 4.61. The Morgan fingerprint density at radius 1 is 1.33 bits per heavy atom. The van der Waals surface area contributed by atoms with E-state index >= 15 is 0 Å². The number of hydrogen-bond donors (Lipinski definition) is 2. The lowest BCUT2D eigenvalue weighted by Gasteiger charge is -2.15. The molecule has 0 unspecified atom stereocenters. The van der Waals surface area contributed by atoms with Gasteiger partial charge in [-0.2, -0.15) is 4.31 Å². The molecule has 0 amide bonds. The van der Waals surface area contributed by atoms with Crippen molar-refractivity contribution in [3.05, 3.63) is 24.3 Å². The minimum absolute atomic E-state index is 0.0761.